The van der Waals surface area contributed by atoms with Gasteiger partial charge in [0.1, 0.15) is 10.8 Å². The lowest BCUT2D eigenvalue weighted by atomic mass is 10.1. The first-order valence-electron chi connectivity index (χ1n) is 11.8. The van der Waals surface area contributed by atoms with Crippen LogP contribution in [0.3, 0.4) is 0 Å². The summed E-state index contributed by atoms with van der Waals surface area (Å²) in [7, 11) is 0. The fraction of sp³-hybridized carbons (Fsp3) is 0.346. The molecule has 1 N–H and O–H groups in total. The number of rotatable bonds is 9. The largest absolute Gasteiger partial charge is 0.494 e. The Hall–Kier alpha value is -3.23. The Balaban J connectivity index is 1.15. The summed E-state index contributed by atoms with van der Waals surface area (Å²) in [6.45, 7) is 4.44. The van der Waals surface area contributed by atoms with Gasteiger partial charge in [-0.15, -0.1) is 0 Å². The molecule has 8 heteroatoms. The van der Waals surface area contributed by atoms with Gasteiger partial charge in [0.2, 0.25) is 4.96 Å². The molecule has 1 fully saturated rings. The summed E-state index contributed by atoms with van der Waals surface area (Å²) in [5, 5.41) is 14.6. The van der Waals surface area contributed by atoms with Gasteiger partial charge in [0.05, 0.1) is 24.1 Å². The number of nitrogens with zero attached hydrogens (tertiary/aromatic N) is 4. The van der Waals surface area contributed by atoms with Gasteiger partial charge in [-0.3, -0.25) is 0 Å². The van der Waals surface area contributed by atoms with Crippen molar-refractivity contribution in [3.05, 3.63) is 60.3 Å². The van der Waals surface area contributed by atoms with Crippen molar-refractivity contribution in [3.8, 4) is 27.6 Å². The minimum absolute atomic E-state index is 0.259. The molecule has 0 atom stereocenters. The molecule has 0 bridgehead atoms. The molecule has 0 saturated carbocycles. The van der Waals surface area contributed by atoms with Crippen molar-refractivity contribution >= 4 is 22.3 Å². The Kier molecular flexibility index (Phi) is 6.87. The third-order valence-corrected chi connectivity index (χ3v) is 7.13. The zero-order valence-electron chi connectivity index (χ0n) is 19.0. The molecule has 7 nitrogen and oxygen atoms in total. The van der Waals surface area contributed by atoms with E-state index in [1.165, 1.54) is 56.7 Å². The third-order valence-electron chi connectivity index (χ3n) is 6.16. The molecule has 0 aliphatic carbocycles. The molecule has 4 aromatic rings. The van der Waals surface area contributed by atoms with Crippen molar-refractivity contribution in [2.45, 2.75) is 32.1 Å². The fourth-order valence-corrected chi connectivity index (χ4v) is 5.13. The minimum atomic E-state index is -0.937. The molecule has 1 aliphatic rings. The molecule has 2 aromatic carbocycles. The maximum atomic E-state index is 11.0. The van der Waals surface area contributed by atoms with E-state index in [0.29, 0.717) is 0 Å². The van der Waals surface area contributed by atoms with E-state index in [1.54, 1.807) is 28.8 Å². The highest BCUT2D eigenvalue weighted by Gasteiger charge is 2.12. The van der Waals surface area contributed by atoms with Gasteiger partial charge in [-0.05, 0) is 81.7 Å². The van der Waals surface area contributed by atoms with E-state index in [2.05, 4.69) is 15.0 Å². The Morgan fingerprint density at radius 1 is 0.971 bits per heavy atom. The first kappa shape index (κ1) is 22.6. The number of aromatic nitrogens is 3. The fourth-order valence-electron chi connectivity index (χ4n) is 4.24. The van der Waals surface area contributed by atoms with E-state index in [0.717, 1.165) is 45.6 Å². The maximum absolute atomic E-state index is 11.0. The van der Waals surface area contributed by atoms with Gasteiger partial charge in [0, 0.05) is 11.1 Å². The molecule has 0 spiro atoms. The van der Waals surface area contributed by atoms with Crippen LogP contribution in [0.4, 0.5) is 0 Å². The average Bonchev–Trinajstić information content (AvgIpc) is 3.45. The minimum Gasteiger partial charge on any atom is -0.494 e. The van der Waals surface area contributed by atoms with Crippen LogP contribution in [0.2, 0.25) is 0 Å². The van der Waals surface area contributed by atoms with Crippen LogP contribution >= 0.6 is 11.3 Å². The number of benzene rings is 2. The summed E-state index contributed by atoms with van der Waals surface area (Å²) >= 11 is 1.52. The number of carboxylic acids is 1. The number of carboxylic acid groups (broad SMARTS) is 1. The molecule has 0 amide bonds. The van der Waals surface area contributed by atoms with Crippen molar-refractivity contribution in [3.63, 3.8) is 0 Å². The summed E-state index contributed by atoms with van der Waals surface area (Å²) in [5.41, 5.74) is 2.92. The van der Waals surface area contributed by atoms with Crippen molar-refractivity contribution in [1.29, 1.82) is 0 Å². The van der Waals surface area contributed by atoms with E-state index >= 15 is 0 Å². The van der Waals surface area contributed by atoms with E-state index in [-0.39, 0.29) is 5.56 Å². The monoisotopic (exact) mass is 476 g/mol. The lowest BCUT2D eigenvalue weighted by molar-refractivity contribution is 0.0697. The maximum Gasteiger partial charge on any atom is 0.335 e. The molecule has 2 aromatic heterocycles. The van der Waals surface area contributed by atoms with Crippen molar-refractivity contribution in [2.75, 3.05) is 26.2 Å². The molecule has 0 radical (unpaired) electrons. The Bertz CT molecular complexity index is 1210. The summed E-state index contributed by atoms with van der Waals surface area (Å²) in [5.74, 6) is -0.0527. The van der Waals surface area contributed by atoms with Crippen LogP contribution in [0.25, 0.3) is 26.8 Å². The number of ether oxygens (including phenoxy) is 1. The lowest BCUT2D eigenvalue weighted by Gasteiger charge is -2.26. The van der Waals surface area contributed by atoms with E-state index in [4.69, 9.17) is 9.84 Å². The lowest BCUT2D eigenvalue weighted by Crippen LogP contribution is -2.30. The van der Waals surface area contributed by atoms with Crippen LogP contribution in [0.1, 0.15) is 42.5 Å². The van der Waals surface area contributed by atoms with Crippen LogP contribution in [0.15, 0.2) is 54.7 Å². The van der Waals surface area contributed by atoms with Gasteiger partial charge in [-0.1, -0.05) is 29.9 Å². The molecule has 1 aliphatic heterocycles. The van der Waals surface area contributed by atoms with Crippen molar-refractivity contribution < 1.29 is 14.6 Å². The first-order valence-corrected chi connectivity index (χ1v) is 12.6. The van der Waals surface area contributed by atoms with E-state index in [1.807, 2.05) is 30.5 Å². The summed E-state index contributed by atoms with van der Waals surface area (Å²) in [6.07, 6.45) is 8.20. The highest BCUT2D eigenvalue weighted by atomic mass is 32.1. The van der Waals surface area contributed by atoms with E-state index in [9.17, 15) is 4.79 Å². The number of unbranched alkanes of at least 4 members (excludes halogenated alkanes) is 1. The third kappa shape index (κ3) is 5.29. The summed E-state index contributed by atoms with van der Waals surface area (Å²) in [4.78, 5) is 19.1. The molecule has 1 saturated heterocycles. The zero-order valence-corrected chi connectivity index (χ0v) is 19.8. The van der Waals surface area contributed by atoms with E-state index < -0.39 is 5.97 Å². The molecule has 34 heavy (non-hydrogen) atoms. The Morgan fingerprint density at radius 2 is 1.71 bits per heavy atom. The predicted molar refractivity (Wildman–Crippen MR) is 134 cm³/mol. The predicted octanol–water partition coefficient (Wildman–Crippen LogP) is 5.47. The van der Waals surface area contributed by atoms with Crippen LogP contribution in [-0.4, -0.2) is 56.8 Å². The van der Waals surface area contributed by atoms with Gasteiger partial charge in [-0.25, -0.2) is 14.3 Å². The van der Waals surface area contributed by atoms with Crippen LogP contribution in [-0.2, 0) is 0 Å². The summed E-state index contributed by atoms with van der Waals surface area (Å²) < 4.78 is 7.70. The molecular formula is C26H28N4O3S. The van der Waals surface area contributed by atoms with Crippen LogP contribution in [0.5, 0.6) is 5.75 Å². The van der Waals surface area contributed by atoms with Gasteiger partial charge >= 0.3 is 5.97 Å². The highest BCUT2D eigenvalue weighted by Crippen LogP contribution is 2.29. The van der Waals surface area contributed by atoms with Crippen molar-refractivity contribution in [1.82, 2.24) is 19.5 Å². The molecule has 0 unspecified atom stereocenters. The second-order valence-corrected chi connectivity index (χ2v) is 9.58. The summed E-state index contributed by atoms with van der Waals surface area (Å²) in [6, 6.07) is 14.8. The number of likely N-dealkylation sites (tertiary alicyclic amines) is 1. The first-order chi connectivity index (χ1) is 16.7. The normalized spacial score (nSPS) is 14.5. The number of carbonyl (C=O) groups is 1. The van der Waals surface area contributed by atoms with Crippen molar-refractivity contribution in [2.24, 2.45) is 0 Å². The van der Waals surface area contributed by atoms with Crippen LogP contribution < -0.4 is 4.74 Å². The number of hydrogen-bond acceptors (Lipinski definition) is 6. The van der Waals surface area contributed by atoms with Gasteiger partial charge < -0.3 is 14.7 Å². The number of fused-ring (bicyclic) bond motifs is 1. The molecule has 176 valence electrons. The average molecular weight is 477 g/mol. The standard InChI is InChI=1S/C26H28N4O3S/c31-25(32)21-8-6-19(7-9-21)23-18-30-26(27-23)34-24(28-30)20-10-12-22(13-11-20)33-17-5-4-16-29-14-2-1-3-15-29/h6-13,18H,1-5,14-17H2,(H,31,32). The highest BCUT2D eigenvalue weighted by molar-refractivity contribution is 7.19. The molecular weight excluding hydrogens is 448 g/mol. The smallest absolute Gasteiger partial charge is 0.335 e. The SMILES string of the molecule is O=C(O)c1ccc(-c2cn3nc(-c4ccc(OCCCCN5CCCCC5)cc4)sc3n2)cc1. The quantitative estimate of drug-likeness (QED) is 0.323. The topological polar surface area (TPSA) is 80.0 Å². The zero-order chi connectivity index (χ0) is 23.3. The number of hydrogen-bond donors (Lipinski definition) is 1. The van der Waals surface area contributed by atoms with Gasteiger partial charge in [0.25, 0.3) is 0 Å². The Labute approximate surface area is 202 Å². The van der Waals surface area contributed by atoms with Crippen LogP contribution in [0, 0.1) is 0 Å². The van der Waals surface area contributed by atoms with Gasteiger partial charge in [0.15, 0.2) is 0 Å². The number of piperidine rings is 1. The van der Waals surface area contributed by atoms with Gasteiger partial charge in [-0.2, -0.15) is 5.10 Å². The molecule has 5 rings (SSSR count). The second kappa shape index (κ2) is 10.4. The Morgan fingerprint density at radius 3 is 2.41 bits per heavy atom. The second-order valence-electron chi connectivity index (χ2n) is 8.63. The number of aromatic carboxylic acids is 1. The molecule has 3 heterocycles. The number of imidazole rings is 1.